The molecule has 0 amide bonds. The second-order valence-electron chi connectivity index (χ2n) is 5.65. The van der Waals surface area contributed by atoms with Crippen LogP contribution < -0.4 is 5.32 Å². The molecule has 1 heterocycles. The van der Waals surface area contributed by atoms with Crippen molar-refractivity contribution in [1.29, 1.82) is 0 Å². The van der Waals surface area contributed by atoms with Crippen LogP contribution >= 0.6 is 0 Å². The number of hydrogen-bond donors (Lipinski definition) is 2. The quantitative estimate of drug-likeness (QED) is 0.848. The first-order valence-corrected chi connectivity index (χ1v) is 7.25. The van der Waals surface area contributed by atoms with Crippen LogP contribution in [0.25, 0.3) is 0 Å². The van der Waals surface area contributed by atoms with Gasteiger partial charge >= 0.3 is 0 Å². The van der Waals surface area contributed by atoms with Crippen LogP contribution in [0, 0.1) is 5.92 Å². The second-order valence-corrected chi connectivity index (χ2v) is 5.65. The summed E-state index contributed by atoms with van der Waals surface area (Å²) >= 11 is 0. The highest BCUT2D eigenvalue weighted by atomic mass is 16.3. The SMILES string of the molecule is CC1CC1c1ccc(CN[C@H](CO)c2ccccc2)o1. The first-order chi connectivity index (χ1) is 9.78. The Balaban J connectivity index is 1.59. The molecule has 0 saturated heterocycles. The Bertz CT molecular complexity index is 549. The van der Waals surface area contributed by atoms with Gasteiger partial charge < -0.3 is 14.8 Å². The molecular weight excluding hydrogens is 250 g/mol. The highest BCUT2D eigenvalue weighted by Gasteiger charge is 2.36. The zero-order valence-corrected chi connectivity index (χ0v) is 11.8. The molecule has 2 aromatic rings. The van der Waals surface area contributed by atoms with Crippen molar-refractivity contribution >= 4 is 0 Å². The van der Waals surface area contributed by atoms with Crippen molar-refractivity contribution in [2.75, 3.05) is 6.61 Å². The van der Waals surface area contributed by atoms with Gasteiger partial charge in [-0.2, -0.15) is 0 Å². The summed E-state index contributed by atoms with van der Waals surface area (Å²) in [4.78, 5) is 0. The highest BCUT2D eigenvalue weighted by molar-refractivity contribution is 5.20. The van der Waals surface area contributed by atoms with Crippen molar-refractivity contribution in [3.05, 3.63) is 59.5 Å². The molecule has 2 unspecified atom stereocenters. The summed E-state index contributed by atoms with van der Waals surface area (Å²) < 4.78 is 5.86. The molecule has 106 valence electrons. The van der Waals surface area contributed by atoms with Gasteiger partial charge in [0.1, 0.15) is 11.5 Å². The summed E-state index contributed by atoms with van der Waals surface area (Å²) in [5.74, 6) is 3.42. The fourth-order valence-corrected chi connectivity index (χ4v) is 2.60. The maximum Gasteiger partial charge on any atom is 0.117 e. The topological polar surface area (TPSA) is 45.4 Å². The molecule has 0 aliphatic heterocycles. The van der Waals surface area contributed by atoms with E-state index < -0.39 is 0 Å². The smallest absolute Gasteiger partial charge is 0.117 e. The van der Waals surface area contributed by atoms with Gasteiger partial charge in [-0.1, -0.05) is 37.3 Å². The molecule has 0 radical (unpaired) electrons. The van der Waals surface area contributed by atoms with Crippen LogP contribution in [0.1, 0.15) is 42.4 Å². The highest BCUT2D eigenvalue weighted by Crippen LogP contribution is 2.47. The van der Waals surface area contributed by atoms with Gasteiger partial charge in [-0.3, -0.25) is 0 Å². The molecule has 1 fully saturated rings. The first-order valence-electron chi connectivity index (χ1n) is 7.25. The predicted molar refractivity (Wildman–Crippen MR) is 78.3 cm³/mol. The van der Waals surface area contributed by atoms with Crippen molar-refractivity contribution in [1.82, 2.24) is 5.32 Å². The van der Waals surface area contributed by atoms with Crippen molar-refractivity contribution in [3.63, 3.8) is 0 Å². The van der Waals surface area contributed by atoms with Crippen LogP contribution in [0.5, 0.6) is 0 Å². The fraction of sp³-hybridized carbons (Fsp3) is 0.412. The number of rotatable bonds is 6. The van der Waals surface area contributed by atoms with E-state index in [-0.39, 0.29) is 12.6 Å². The Kier molecular flexibility index (Phi) is 3.90. The monoisotopic (exact) mass is 271 g/mol. The van der Waals surface area contributed by atoms with E-state index in [1.807, 2.05) is 36.4 Å². The van der Waals surface area contributed by atoms with Gasteiger partial charge in [0.25, 0.3) is 0 Å². The van der Waals surface area contributed by atoms with Gasteiger partial charge in [-0.05, 0) is 30.0 Å². The van der Waals surface area contributed by atoms with E-state index in [0.717, 1.165) is 23.0 Å². The zero-order chi connectivity index (χ0) is 13.9. The maximum absolute atomic E-state index is 9.50. The van der Waals surface area contributed by atoms with Crippen LogP contribution in [0.4, 0.5) is 0 Å². The van der Waals surface area contributed by atoms with E-state index >= 15 is 0 Å². The van der Waals surface area contributed by atoms with Crippen molar-refractivity contribution in [2.24, 2.45) is 5.92 Å². The summed E-state index contributed by atoms with van der Waals surface area (Å²) in [6, 6.07) is 14.1. The van der Waals surface area contributed by atoms with Gasteiger partial charge in [0.05, 0.1) is 19.2 Å². The normalized spacial score (nSPS) is 22.7. The fourth-order valence-electron chi connectivity index (χ4n) is 2.60. The molecule has 2 N–H and O–H groups in total. The summed E-state index contributed by atoms with van der Waals surface area (Å²) in [6.45, 7) is 2.97. The number of nitrogens with one attached hydrogen (secondary N) is 1. The van der Waals surface area contributed by atoms with Crippen LogP contribution in [-0.4, -0.2) is 11.7 Å². The third kappa shape index (κ3) is 2.94. The maximum atomic E-state index is 9.50. The van der Waals surface area contributed by atoms with E-state index in [4.69, 9.17) is 4.42 Å². The lowest BCUT2D eigenvalue weighted by molar-refractivity contribution is 0.240. The Labute approximate surface area is 119 Å². The number of aliphatic hydroxyl groups is 1. The van der Waals surface area contributed by atoms with Crippen LogP contribution in [0.2, 0.25) is 0 Å². The van der Waals surface area contributed by atoms with E-state index in [1.165, 1.54) is 6.42 Å². The van der Waals surface area contributed by atoms with E-state index in [2.05, 4.69) is 18.3 Å². The third-order valence-electron chi connectivity index (χ3n) is 4.06. The lowest BCUT2D eigenvalue weighted by Gasteiger charge is -2.15. The van der Waals surface area contributed by atoms with E-state index in [0.29, 0.717) is 12.5 Å². The first kappa shape index (κ1) is 13.4. The molecule has 1 aliphatic carbocycles. The van der Waals surface area contributed by atoms with E-state index in [9.17, 15) is 5.11 Å². The average molecular weight is 271 g/mol. The zero-order valence-electron chi connectivity index (χ0n) is 11.8. The summed E-state index contributed by atoms with van der Waals surface area (Å²) in [5.41, 5.74) is 1.09. The average Bonchev–Trinajstić information content (AvgIpc) is 3.02. The second kappa shape index (κ2) is 5.81. The minimum atomic E-state index is -0.0513. The van der Waals surface area contributed by atoms with Crippen LogP contribution in [0.3, 0.4) is 0 Å². The lowest BCUT2D eigenvalue weighted by atomic mass is 10.1. The number of benzene rings is 1. The molecule has 1 aromatic heterocycles. The van der Waals surface area contributed by atoms with Crippen molar-refractivity contribution < 1.29 is 9.52 Å². The summed E-state index contributed by atoms with van der Waals surface area (Å²) in [7, 11) is 0. The minimum Gasteiger partial charge on any atom is -0.464 e. The lowest BCUT2D eigenvalue weighted by Crippen LogP contribution is -2.23. The molecule has 0 bridgehead atoms. The molecule has 3 nitrogen and oxygen atoms in total. The van der Waals surface area contributed by atoms with Crippen molar-refractivity contribution in [3.8, 4) is 0 Å². The van der Waals surface area contributed by atoms with E-state index in [1.54, 1.807) is 0 Å². The molecule has 3 rings (SSSR count). The van der Waals surface area contributed by atoms with Crippen LogP contribution in [0.15, 0.2) is 46.9 Å². The molecule has 3 atom stereocenters. The summed E-state index contributed by atoms with van der Waals surface area (Å²) in [6.07, 6.45) is 1.24. The molecule has 1 aliphatic rings. The van der Waals surface area contributed by atoms with Gasteiger partial charge in [-0.15, -0.1) is 0 Å². The number of hydrogen-bond acceptors (Lipinski definition) is 3. The Hall–Kier alpha value is -1.58. The minimum absolute atomic E-state index is 0.0513. The summed E-state index contributed by atoms with van der Waals surface area (Å²) in [5, 5.41) is 12.8. The van der Waals surface area contributed by atoms with Crippen LogP contribution in [-0.2, 0) is 6.54 Å². The largest absolute Gasteiger partial charge is 0.464 e. The molecule has 3 heteroatoms. The number of aliphatic hydroxyl groups excluding tert-OH is 1. The van der Waals surface area contributed by atoms with Gasteiger partial charge in [0.2, 0.25) is 0 Å². The van der Waals surface area contributed by atoms with Gasteiger partial charge in [0, 0.05) is 5.92 Å². The molecular formula is C17H21NO2. The number of furan rings is 1. The Morgan fingerprint density at radius 2 is 2.00 bits per heavy atom. The van der Waals surface area contributed by atoms with Crippen molar-refractivity contribution in [2.45, 2.75) is 31.8 Å². The predicted octanol–water partition coefficient (Wildman–Crippen LogP) is 3.23. The third-order valence-corrected chi connectivity index (χ3v) is 4.06. The Morgan fingerprint density at radius 3 is 2.65 bits per heavy atom. The molecule has 1 aromatic carbocycles. The standard InChI is InChI=1S/C17H21NO2/c1-12-9-15(12)17-8-7-14(20-17)10-18-16(11-19)13-5-3-2-4-6-13/h2-8,12,15-16,18-19H,9-11H2,1H3/t12?,15?,16-/m1/s1. The van der Waals surface area contributed by atoms with Gasteiger partial charge in [0.15, 0.2) is 0 Å². The Morgan fingerprint density at radius 1 is 1.25 bits per heavy atom. The molecule has 0 spiro atoms. The molecule has 1 saturated carbocycles. The molecule has 20 heavy (non-hydrogen) atoms. The van der Waals surface area contributed by atoms with Gasteiger partial charge in [-0.25, -0.2) is 0 Å².